The molecular formula is C32H39F3N2O3. The average molecular weight is 557 g/mol. The minimum atomic E-state index is -4.90. The van der Waals surface area contributed by atoms with Crippen molar-refractivity contribution < 1.29 is 27.5 Å². The second kappa shape index (κ2) is 11.4. The summed E-state index contributed by atoms with van der Waals surface area (Å²) in [5.74, 6) is -2.18. The predicted octanol–water partition coefficient (Wildman–Crippen LogP) is 6.74. The second-order valence-electron chi connectivity index (χ2n) is 12.5. The monoisotopic (exact) mass is 556 g/mol. The van der Waals surface area contributed by atoms with Crippen molar-refractivity contribution in [1.29, 1.82) is 0 Å². The molecule has 2 atom stereocenters. The van der Waals surface area contributed by atoms with E-state index in [9.17, 15) is 22.8 Å². The highest BCUT2D eigenvalue weighted by atomic mass is 19.4. The van der Waals surface area contributed by atoms with Gasteiger partial charge in [-0.3, -0.25) is 9.69 Å². The molecule has 2 aliphatic rings. The van der Waals surface area contributed by atoms with E-state index in [1.165, 1.54) is 0 Å². The number of alkyl halides is 3. The molecule has 1 heterocycles. The smallest absolute Gasteiger partial charge is 0.456 e. The maximum atomic E-state index is 13.6. The number of hydrogen-bond donors (Lipinski definition) is 0. The third kappa shape index (κ3) is 7.53. The first kappa shape index (κ1) is 29.8. The second-order valence-corrected chi connectivity index (χ2v) is 12.5. The molecule has 0 radical (unpaired) electrons. The molecular weight excluding hydrogens is 517 g/mol. The Morgan fingerprint density at radius 1 is 1.05 bits per heavy atom. The number of carbonyl (C=O) groups excluding carboxylic acids is 2. The molecule has 4 rings (SSSR count). The zero-order chi connectivity index (χ0) is 29.3. The van der Waals surface area contributed by atoms with Crippen molar-refractivity contribution in [2.75, 3.05) is 19.6 Å². The third-order valence-electron chi connectivity index (χ3n) is 7.45. The maximum absolute atomic E-state index is 13.6. The Morgan fingerprint density at radius 3 is 2.23 bits per heavy atom. The van der Waals surface area contributed by atoms with Crippen LogP contribution >= 0.6 is 0 Å². The van der Waals surface area contributed by atoms with E-state index in [1.54, 1.807) is 12.1 Å². The minimum Gasteiger partial charge on any atom is -0.456 e. The van der Waals surface area contributed by atoms with Gasteiger partial charge >= 0.3 is 18.1 Å². The van der Waals surface area contributed by atoms with E-state index in [4.69, 9.17) is 4.74 Å². The van der Waals surface area contributed by atoms with E-state index in [0.717, 1.165) is 28.0 Å². The van der Waals surface area contributed by atoms with Gasteiger partial charge in [-0.25, -0.2) is 4.79 Å². The van der Waals surface area contributed by atoms with Gasteiger partial charge in [-0.2, -0.15) is 13.2 Å². The maximum Gasteiger partial charge on any atom is 0.471 e. The van der Waals surface area contributed by atoms with E-state index >= 15 is 0 Å². The standard InChI is InChI=1S/C32H39F3N2O3/c1-6-24(16-22-10-8-7-9-11-22)26-17-27(26)37(29(39)32(33,34)35)21-31(5)19-36(20-31)18-23-12-14-25(15-13-23)28(38)40-30(2,3)4/h7-16,26-27H,6,17-21H2,1-5H3/b24-16+. The molecule has 216 valence electrons. The Morgan fingerprint density at radius 2 is 1.68 bits per heavy atom. The Labute approximate surface area is 235 Å². The first-order valence-electron chi connectivity index (χ1n) is 13.9. The molecule has 0 spiro atoms. The summed E-state index contributed by atoms with van der Waals surface area (Å²) in [5, 5.41) is 0. The Bertz CT molecular complexity index is 1230. The summed E-state index contributed by atoms with van der Waals surface area (Å²) in [7, 11) is 0. The van der Waals surface area contributed by atoms with Crippen LogP contribution in [0.2, 0.25) is 0 Å². The molecule has 2 aromatic rings. The van der Waals surface area contributed by atoms with Gasteiger partial charge in [0.2, 0.25) is 0 Å². The fourth-order valence-electron chi connectivity index (χ4n) is 5.66. The van der Waals surface area contributed by atoms with Crippen LogP contribution in [-0.2, 0) is 16.1 Å². The number of halogens is 3. The first-order valence-corrected chi connectivity index (χ1v) is 13.9. The highest BCUT2D eigenvalue weighted by Gasteiger charge is 2.54. The molecule has 8 heteroatoms. The summed E-state index contributed by atoms with van der Waals surface area (Å²) in [6.07, 6.45) is -1.58. The van der Waals surface area contributed by atoms with Gasteiger partial charge in [0.05, 0.1) is 5.56 Å². The molecule has 40 heavy (non-hydrogen) atoms. The lowest BCUT2D eigenvalue weighted by atomic mass is 9.81. The molecule has 5 nitrogen and oxygen atoms in total. The van der Waals surface area contributed by atoms with Crippen LogP contribution in [-0.4, -0.2) is 59.1 Å². The predicted molar refractivity (Wildman–Crippen MR) is 149 cm³/mol. The number of hydrogen-bond acceptors (Lipinski definition) is 4. The van der Waals surface area contributed by atoms with Gasteiger partial charge in [-0.05, 0) is 56.9 Å². The van der Waals surface area contributed by atoms with Gasteiger partial charge in [0, 0.05) is 43.6 Å². The topological polar surface area (TPSA) is 49.9 Å². The van der Waals surface area contributed by atoms with Crippen LogP contribution in [0, 0.1) is 11.3 Å². The summed E-state index contributed by atoms with van der Waals surface area (Å²) >= 11 is 0. The molecule has 1 saturated carbocycles. The summed E-state index contributed by atoms with van der Waals surface area (Å²) < 4.78 is 46.3. The zero-order valence-electron chi connectivity index (χ0n) is 23.9. The van der Waals surface area contributed by atoms with Crippen molar-refractivity contribution in [3.05, 3.63) is 76.9 Å². The van der Waals surface area contributed by atoms with Crippen LogP contribution in [0.25, 0.3) is 6.08 Å². The number of esters is 1. The number of likely N-dealkylation sites (tertiary alicyclic amines) is 1. The van der Waals surface area contributed by atoms with Crippen molar-refractivity contribution in [2.45, 2.75) is 71.8 Å². The van der Waals surface area contributed by atoms with Gasteiger partial charge in [0.15, 0.2) is 0 Å². The fraction of sp³-hybridized carbons (Fsp3) is 0.500. The number of benzene rings is 2. The van der Waals surface area contributed by atoms with Crippen molar-refractivity contribution in [1.82, 2.24) is 9.80 Å². The van der Waals surface area contributed by atoms with Gasteiger partial charge in [-0.1, -0.05) is 68.0 Å². The lowest BCUT2D eigenvalue weighted by Crippen LogP contribution is -2.60. The van der Waals surface area contributed by atoms with Crippen molar-refractivity contribution in [3.8, 4) is 0 Å². The van der Waals surface area contributed by atoms with E-state index in [0.29, 0.717) is 31.6 Å². The largest absolute Gasteiger partial charge is 0.471 e. The van der Waals surface area contributed by atoms with Crippen LogP contribution in [0.1, 0.15) is 68.9 Å². The van der Waals surface area contributed by atoms with Gasteiger partial charge < -0.3 is 9.64 Å². The van der Waals surface area contributed by atoms with Gasteiger partial charge in [0.25, 0.3) is 0 Å². The van der Waals surface area contributed by atoms with Crippen LogP contribution in [0.3, 0.4) is 0 Å². The summed E-state index contributed by atoms with van der Waals surface area (Å²) in [5.41, 5.74) is 2.56. The number of carbonyl (C=O) groups is 2. The Balaban J connectivity index is 1.38. The quantitative estimate of drug-likeness (QED) is 0.321. The third-order valence-corrected chi connectivity index (χ3v) is 7.45. The summed E-state index contributed by atoms with van der Waals surface area (Å²) in [6.45, 7) is 11.3. The molecule has 0 aromatic heterocycles. The summed E-state index contributed by atoms with van der Waals surface area (Å²) in [4.78, 5) is 28.1. The van der Waals surface area contributed by atoms with Crippen LogP contribution in [0.4, 0.5) is 13.2 Å². The van der Waals surface area contributed by atoms with Gasteiger partial charge in [0.1, 0.15) is 5.60 Å². The Kier molecular flexibility index (Phi) is 8.50. The molecule has 2 fully saturated rings. The summed E-state index contributed by atoms with van der Waals surface area (Å²) in [6, 6.07) is 16.5. The molecule has 1 saturated heterocycles. The van der Waals surface area contributed by atoms with Crippen molar-refractivity contribution in [3.63, 3.8) is 0 Å². The van der Waals surface area contributed by atoms with Crippen LogP contribution in [0.5, 0.6) is 0 Å². The first-order chi connectivity index (χ1) is 18.7. The van der Waals surface area contributed by atoms with E-state index < -0.39 is 29.1 Å². The molecule has 1 aliphatic heterocycles. The number of rotatable bonds is 9. The lowest BCUT2D eigenvalue weighted by molar-refractivity contribution is -0.189. The van der Waals surface area contributed by atoms with E-state index in [-0.39, 0.29) is 18.4 Å². The van der Waals surface area contributed by atoms with Gasteiger partial charge in [-0.15, -0.1) is 0 Å². The van der Waals surface area contributed by atoms with E-state index in [1.807, 2.05) is 83.2 Å². The normalized spacial score (nSPS) is 20.9. The molecule has 0 N–H and O–H groups in total. The number of nitrogens with zero attached hydrogens (tertiary/aromatic N) is 2. The molecule has 2 unspecified atom stereocenters. The van der Waals surface area contributed by atoms with Crippen molar-refractivity contribution in [2.24, 2.45) is 11.3 Å². The highest BCUT2D eigenvalue weighted by Crippen LogP contribution is 2.46. The zero-order valence-corrected chi connectivity index (χ0v) is 23.9. The molecule has 2 aromatic carbocycles. The average Bonchev–Trinajstić information content (AvgIpc) is 3.64. The Hall–Kier alpha value is -3.13. The van der Waals surface area contributed by atoms with Crippen LogP contribution < -0.4 is 0 Å². The number of amides is 1. The van der Waals surface area contributed by atoms with Crippen molar-refractivity contribution >= 4 is 18.0 Å². The molecule has 1 amide bonds. The van der Waals surface area contributed by atoms with Crippen LogP contribution in [0.15, 0.2) is 60.2 Å². The SMILES string of the molecule is CC/C(=C\c1ccccc1)C1CC1N(CC1(C)CN(Cc2ccc(C(=O)OC(C)(C)C)cc2)C1)C(=O)C(F)(F)F. The van der Waals surface area contributed by atoms with E-state index in [2.05, 4.69) is 4.90 Å². The number of ether oxygens (including phenoxy) is 1. The molecule has 0 bridgehead atoms. The minimum absolute atomic E-state index is 0.0558. The highest BCUT2D eigenvalue weighted by molar-refractivity contribution is 5.89. The fourth-order valence-corrected chi connectivity index (χ4v) is 5.66. The molecule has 1 aliphatic carbocycles. The lowest BCUT2D eigenvalue weighted by Gasteiger charge is -2.50.